The Labute approximate surface area is 163 Å². The summed E-state index contributed by atoms with van der Waals surface area (Å²) >= 11 is 1.18. The van der Waals surface area contributed by atoms with Gasteiger partial charge < -0.3 is 5.73 Å². The minimum absolute atomic E-state index is 0.0499. The smallest absolute Gasteiger partial charge is 0.274 e. The first-order valence-electron chi connectivity index (χ1n) is 8.23. The summed E-state index contributed by atoms with van der Waals surface area (Å²) in [5.74, 6) is -0.584. The summed E-state index contributed by atoms with van der Waals surface area (Å²) in [4.78, 5) is 20.9. The first kappa shape index (κ1) is 17.4. The molecule has 0 spiro atoms. The molecule has 4 heterocycles. The number of hydrogen-bond donors (Lipinski definition) is 1. The van der Waals surface area contributed by atoms with E-state index in [0.29, 0.717) is 14.8 Å². The van der Waals surface area contributed by atoms with E-state index in [2.05, 4.69) is 22.1 Å². The van der Waals surface area contributed by atoms with Gasteiger partial charge in [0.1, 0.15) is 10.5 Å². The van der Waals surface area contributed by atoms with Gasteiger partial charge in [-0.3, -0.25) is 19.3 Å². The highest BCUT2D eigenvalue weighted by Gasteiger charge is 2.31. The Morgan fingerprint density at radius 3 is 2.25 bits per heavy atom. The predicted molar refractivity (Wildman–Crippen MR) is 105 cm³/mol. The highest BCUT2D eigenvalue weighted by atomic mass is 32.1. The van der Waals surface area contributed by atoms with Crippen LogP contribution in [0.25, 0.3) is 17.5 Å². The molecule has 134 valence electrons. The van der Waals surface area contributed by atoms with E-state index in [4.69, 9.17) is 5.73 Å². The average molecular weight is 384 g/mol. The van der Waals surface area contributed by atoms with Crippen LogP contribution in [0.1, 0.15) is 17.0 Å². The van der Waals surface area contributed by atoms with Crippen LogP contribution in [0.3, 0.4) is 0 Å². The van der Waals surface area contributed by atoms with Crippen LogP contribution in [-0.4, -0.2) is 14.5 Å². The van der Waals surface area contributed by atoms with Gasteiger partial charge in [-0.1, -0.05) is 0 Å². The highest BCUT2D eigenvalue weighted by Crippen LogP contribution is 2.34. The summed E-state index contributed by atoms with van der Waals surface area (Å²) in [5, 5.41) is 19.6. The average Bonchev–Trinajstić information content (AvgIpc) is 3.05. The summed E-state index contributed by atoms with van der Waals surface area (Å²) in [5.41, 5.74) is 7.87. The van der Waals surface area contributed by atoms with Crippen LogP contribution in [0.15, 0.2) is 59.4 Å². The van der Waals surface area contributed by atoms with Crippen molar-refractivity contribution >= 4 is 28.8 Å². The largest absolute Gasteiger partial charge is 0.384 e. The van der Waals surface area contributed by atoms with Gasteiger partial charge in [-0.25, -0.2) is 0 Å². The molecule has 1 atom stereocenters. The molecule has 0 aliphatic carbocycles. The van der Waals surface area contributed by atoms with Crippen LogP contribution in [0.2, 0.25) is 0 Å². The van der Waals surface area contributed by atoms with Gasteiger partial charge >= 0.3 is 0 Å². The Morgan fingerprint density at radius 2 is 1.64 bits per heavy atom. The molecule has 2 N–H and O–H groups in total. The number of pyridine rings is 2. The number of hydrogen-bond acceptors (Lipinski definition) is 7. The van der Waals surface area contributed by atoms with Crippen molar-refractivity contribution < 1.29 is 0 Å². The Morgan fingerprint density at radius 1 is 1.04 bits per heavy atom. The molecular weight excluding hydrogens is 372 g/mol. The second-order valence-corrected chi connectivity index (χ2v) is 7.02. The van der Waals surface area contributed by atoms with Gasteiger partial charge in [-0.2, -0.15) is 10.5 Å². The lowest BCUT2D eigenvalue weighted by atomic mass is 9.85. The van der Waals surface area contributed by atoms with Crippen LogP contribution >= 0.6 is 11.3 Å². The zero-order valence-electron chi connectivity index (χ0n) is 14.4. The van der Waals surface area contributed by atoms with Gasteiger partial charge in [0.15, 0.2) is 0 Å². The fourth-order valence-corrected chi connectivity index (χ4v) is 4.28. The zero-order valence-corrected chi connectivity index (χ0v) is 15.2. The maximum atomic E-state index is 13.0. The van der Waals surface area contributed by atoms with Gasteiger partial charge in [0.2, 0.25) is 0 Å². The lowest BCUT2D eigenvalue weighted by Gasteiger charge is -2.22. The number of rotatable bonds is 2. The molecule has 0 aromatic carbocycles. The highest BCUT2D eigenvalue weighted by molar-refractivity contribution is 7.07. The summed E-state index contributed by atoms with van der Waals surface area (Å²) < 4.78 is 2.11. The van der Waals surface area contributed by atoms with E-state index in [9.17, 15) is 15.3 Å². The third kappa shape index (κ3) is 2.69. The van der Waals surface area contributed by atoms with Crippen LogP contribution in [0.4, 0.5) is 0 Å². The van der Waals surface area contributed by atoms with E-state index in [-0.39, 0.29) is 17.0 Å². The Hall–Kier alpha value is -4.01. The number of aromatic nitrogens is 3. The summed E-state index contributed by atoms with van der Waals surface area (Å²) in [6, 6.07) is 11.3. The van der Waals surface area contributed by atoms with Crippen molar-refractivity contribution in [2.75, 3.05) is 0 Å². The lowest BCUT2D eigenvalue weighted by molar-refractivity contribution is 0.904. The molecule has 1 aliphatic rings. The molecule has 3 aromatic rings. The van der Waals surface area contributed by atoms with Gasteiger partial charge in [0.25, 0.3) is 5.56 Å². The second kappa shape index (κ2) is 6.95. The summed E-state index contributed by atoms with van der Waals surface area (Å²) in [6.45, 7) is 0. The minimum atomic E-state index is -0.634. The molecule has 7 nitrogen and oxygen atoms in total. The number of nitrogens with zero attached hydrogens (tertiary/aromatic N) is 5. The number of allylic oxidation sites excluding steroid dienone is 1. The first-order chi connectivity index (χ1) is 13.7. The van der Waals surface area contributed by atoms with Crippen molar-refractivity contribution in [1.82, 2.24) is 14.5 Å². The van der Waals surface area contributed by atoms with E-state index in [1.165, 1.54) is 15.9 Å². The van der Waals surface area contributed by atoms with Crippen molar-refractivity contribution in [3.05, 3.63) is 85.3 Å². The Balaban J connectivity index is 2.08. The third-order valence-electron chi connectivity index (χ3n) is 4.43. The normalized spacial score (nSPS) is 16.4. The van der Waals surface area contributed by atoms with Gasteiger partial charge in [0, 0.05) is 24.8 Å². The van der Waals surface area contributed by atoms with E-state index in [1.807, 2.05) is 0 Å². The standard InChI is InChI=1S/C20H12N6OS/c21-10-14-17(13-3-7-25-8-4-13)15(11-22)20-26(18(14)23)19(27)16(28-20)9-12-1-5-24-6-2-12/h1-9,17H,23H2/b16-9+. The van der Waals surface area contributed by atoms with Crippen molar-refractivity contribution in [2.45, 2.75) is 5.92 Å². The Bertz CT molecular complexity index is 1350. The first-order valence-corrected chi connectivity index (χ1v) is 9.05. The molecule has 0 saturated heterocycles. The van der Waals surface area contributed by atoms with Crippen LogP contribution in [0, 0.1) is 22.7 Å². The molecule has 1 unspecified atom stereocenters. The fraction of sp³-hybridized carbons (Fsp3) is 0.0500. The van der Waals surface area contributed by atoms with Crippen LogP contribution < -0.4 is 20.5 Å². The fourth-order valence-electron chi connectivity index (χ4n) is 3.15. The maximum absolute atomic E-state index is 13.0. The molecule has 0 amide bonds. The van der Waals surface area contributed by atoms with Crippen molar-refractivity contribution in [2.24, 2.45) is 5.73 Å². The van der Waals surface area contributed by atoms with Crippen molar-refractivity contribution in [3.8, 4) is 12.1 Å². The molecule has 28 heavy (non-hydrogen) atoms. The molecule has 0 radical (unpaired) electrons. The lowest BCUT2D eigenvalue weighted by Crippen LogP contribution is -2.38. The van der Waals surface area contributed by atoms with E-state index in [1.54, 1.807) is 55.1 Å². The van der Waals surface area contributed by atoms with Gasteiger partial charge in [-0.05, 0) is 41.5 Å². The Kier molecular flexibility index (Phi) is 4.32. The molecule has 4 rings (SSSR count). The predicted octanol–water partition coefficient (Wildman–Crippen LogP) is 0.651. The molecule has 1 aliphatic heterocycles. The molecule has 0 fully saturated rings. The summed E-state index contributed by atoms with van der Waals surface area (Å²) in [6.07, 6.45) is 8.16. The molecular formula is C20H12N6OS. The van der Waals surface area contributed by atoms with Crippen molar-refractivity contribution in [3.63, 3.8) is 0 Å². The number of fused-ring (bicyclic) bond motifs is 1. The maximum Gasteiger partial charge on any atom is 0.274 e. The quantitative estimate of drug-likeness (QED) is 0.692. The SMILES string of the molecule is N#CC1=C(N)n2c(s/c(=C/c3ccncc3)c2=O)=C(C#N)C1c1ccncc1. The number of thiazole rings is 1. The molecule has 0 saturated carbocycles. The van der Waals surface area contributed by atoms with Crippen LogP contribution in [-0.2, 0) is 0 Å². The third-order valence-corrected chi connectivity index (χ3v) is 5.54. The second-order valence-electron chi connectivity index (χ2n) is 5.99. The van der Waals surface area contributed by atoms with Gasteiger partial charge in [-0.15, -0.1) is 11.3 Å². The van der Waals surface area contributed by atoms with E-state index < -0.39 is 5.92 Å². The van der Waals surface area contributed by atoms with Gasteiger partial charge in [0.05, 0.1) is 33.7 Å². The zero-order chi connectivity index (χ0) is 19.7. The van der Waals surface area contributed by atoms with E-state index >= 15 is 0 Å². The molecule has 8 heteroatoms. The summed E-state index contributed by atoms with van der Waals surface area (Å²) in [7, 11) is 0. The number of nitriles is 2. The van der Waals surface area contributed by atoms with Crippen LogP contribution in [0.5, 0.6) is 0 Å². The molecule has 0 bridgehead atoms. The van der Waals surface area contributed by atoms with Crippen molar-refractivity contribution in [1.29, 1.82) is 10.5 Å². The van der Waals surface area contributed by atoms with E-state index in [0.717, 1.165) is 11.1 Å². The minimum Gasteiger partial charge on any atom is -0.384 e. The molecule has 3 aromatic heterocycles. The topological polar surface area (TPSA) is 121 Å². The monoisotopic (exact) mass is 384 g/mol. The number of nitrogens with two attached hydrogens (primary N) is 1.